The molecule has 1 atom stereocenters. The second-order valence-electron chi connectivity index (χ2n) is 6.26. The number of fused-ring (bicyclic) bond motifs is 1. The second-order valence-corrected chi connectivity index (χ2v) is 6.26. The van der Waals surface area contributed by atoms with Crippen LogP contribution in [0.25, 0.3) is 0 Å². The lowest BCUT2D eigenvalue weighted by atomic mass is 9.98. The van der Waals surface area contributed by atoms with E-state index in [1.807, 2.05) is 6.92 Å². The van der Waals surface area contributed by atoms with Crippen LogP contribution in [0.5, 0.6) is 0 Å². The molecule has 24 heavy (non-hydrogen) atoms. The fourth-order valence-electron chi connectivity index (χ4n) is 3.19. The number of likely N-dealkylation sites (tertiary alicyclic amines) is 1. The molecule has 1 N–H and O–H groups in total. The maximum absolute atomic E-state index is 12.4. The standard InChI is InChI=1S/C17H18N2O5/c1-10-4-5-12-13(7-10)16(22)19(15(12)21)9-14(20)18-6-2-3-11(8-18)17(23)24/h4-5,7,11H,2-3,6,8-9H2,1H3,(H,23,24). The molecule has 2 heterocycles. The van der Waals surface area contributed by atoms with Crippen molar-refractivity contribution in [3.8, 4) is 0 Å². The Morgan fingerprint density at radius 3 is 2.62 bits per heavy atom. The highest BCUT2D eigenvalue weighted by Crippen LogP contribution is 2.24. The Morgan fingerprint density at radius 1 is 1.21 bits per heavy atom. The minimum atomic E-state index is -0.927. The smallest absolute Gasteiger partial charge is 0.308 e. The average Bonchev–Trinajstić information content (AvgIpc) is 2.79. The summed E-state index contributed by atoms with van der Waals surface area (Å²) >= 11 is 0. The number of aryl methyl sites for hydroxylation is 1. The lowest BCUT2D eigenvalue weighted by Gasteiger charge is -2.31. The first-order chi connectivity index (χ1) is 11.4. The fraction of sp³-hybridized carbons (Fsp3) is 0.412. The number of carbonyl (C=O) groups excluding carboxylic acids is 3. The Hall–Kier alpha value is -2.70. The molecule has 0 spiro atoms. The molecule has 0 radical (unpaired) electrons. The van der Waals surface area contributed by atoms with Gasteiger partial charge in [0.25, 0.3) is 11.8 Å². The Labute approximate surface area is 138 Å². The summed E-state index contributed by atoms with van der Waals surface area (Å²) in [6.45, 7) is 2.05. The summed E-state index contributed by atoms with van der Waals surface area (Å²) in [5.41, 5.74) is 1.48. The Bertz CT molecular complexity index is 742. The summed E-state index contributed by atoms with van der Waals surface area (Å²) in [6.07, 6.45) is 1.13. The van der Waals surface area contributed by atoms with Crippen molar-refractivity contribution in [2.45, 2.75) is 19.8 Å². The number of nitrogens with zero attached hydrogens (tertiary/aromatic N) is 2. The third kappa shape index (κ3) is 2.77. The SMILES string of the molecule is Cc1ccc2c(c1)C(=O)N(CC(=O)N1CCCC(C(=O)O)C1)C2=O. The molecule has 3 rings (SSSR count). The molecule has 1 unspecified atom stereocenters. The van der Waals surface area contributed by atoms with Crippen LogP contribution < -0.4 is 0 Å². The van der Waals surface area contributed by atoms with E-state index >= 15 is 0 Å². The third-order valence-corrected chi connectivity index (χ3v) is 4.54. The largest absolute Gasteiger partial charge is 0.481 e. The average molecular weight is 330 g/mol. The summed E-state index contributed by atoms with van der Waals surface area (Å²) < 4.78 is 0. The van der Waals surface area contributed by atoms with Crippen LogP contribution in [-0.2, 0) is 9.59 Å². The number of hydrogen-bond donors (Lipinski definition) is 1. The minimum absolute atomic E-state index is 0.121. The van der Waals surface area contributed by atoms with Crippen LogP contribution in [0.1, 0.15) is 39.1 Å². The van der Waals surface area contributed by atoms with E-state index < -0.39 is 29.6 Å². The normalized spacial score (nSPS) is 20.3. The van der Waals surface area contributed by atoms with Gasteiger partial charge in [-0.3, -0.25) is 24.1 Å². The van der Waals surface area contributed by atoms with Crippen molar-refractivity contribution in [2.75, 3.05) is 19.6 Å². The van der Waals surface area contributed by atoms with Gasteiger partial charge in [0.15, 0.2) is 0 Å². The molecular weight excluding hydrogens is 312 g/mol. The fourth-order valence-corrected chi connectivity index (χ4v) is 3.19. The first-order valence-electron chi connectivity index (χ1n) is 7.86. The predicted molar refractivity (Wildman–Crippen MR) is 83.5 cm³/mol. The van der Waals surface area contributed by atoms with Crippen molar-refractivity contribution in [1.82, 2.24) is 9.80 Å². The number of carboxylic acids is 1. The van der Waals surface area contributed by atoms with E-state index in [9.17, 15) is 19.2 Å². The maximum atomic E-state index is 12.4. The summed E-state index contributed by atoms with van der Waals surface area (Å²) in [4.78, 5) is 50.6. The molecule has 1 aromatic carbocycles. The minimum Gasteiger partial charge on any atom is -0.481 e. The van der Waals surface area contributed by atoms with Crippen molar-refractivity contribution < 1.29 is 24.3 Å². The summed E-state index contributed by atoms with van der Waals surface area (Å²) in [7, 11) is 0. The van der Waals surface area contributed by atoms with Gasteiger partial charge in [-0.1, -0.05) is 11.6 Å². The summed E-state index contributed by atoms with van der Waals surface area (Å²) in [6, 6.07) is 4.98. The van der Waals surface area contributed by atoms with Crippen molar-refractivity contribution >= 4 is 23.7 Å². The van der Waals surface area contributed by atoms with Gasteiger partial charge in [-0.15, -0.1) is 0 Å². The number of benzene rings is 1. The zero-order chi connectivity index (χ0) is 17.4. The molecule has 0 aliphatic carbocycles. The van der Waals surface area contributed by atoms with E-state index in [0.29, 0.717) is 30.5 Å². The van der Waals surface area contributed by atoms with Gasteiger partial charge in [0.2, 0.25) is 5.91 Å². The number of rotatable bonds is 3. The van der Waals surface area contributed by atoms with Gasteiger partial charge in [-0.25, -0.2) is 0 Å². The molecule has 7 heteroatoms. The quantitative estimate of drug-likeness (QED) is 0.831. The molecule has 3 amide bonds. The first kappa shape index (κ1) is 16.2. The van der Waals surface area contributed by atoms with Gasteiger partial charge in [0.1, 0.15) is 6.54 Å². The Kier molecular flexibility index (Phi) is 4.09. The van der Waals surface area contributed by atoms with Gasteiger partial charge in [0.05, 0.1) is 17.0 Å². The lowest BCUT2D eigenvalue weighted by molar-refractivity contribution is -0.145. The van der Waals surface area contributed by atoms with Crippen LogP contribution >= 0.6 is 0 Å². The molecule has 2 aliphatic heterocycles. The van der Waals surface area contributed by atoms with Gasteiger partial charge < -0.3 is 10.0 Å². The molecule has 0 aromatic heterocycles. The van der Waals surface area contributed by atoms with Crippen LogP contribution in [-0.4, -0.2) is 58.2 Å². The molecule has 0 saturated carbocycles. The molecule has 1 saturated heterocycles. The van der Waals surface area contributed by atoms with Crippen molar-refractivity contribution in [2.24, 2.45) is 5.92 Å². The maximum Gasteiger partial charge on any atom is 0.308 e. The van der Waals surface area contributed by atoms with E-state index in [4.69, 9.17) is 5.11 Å². The number of carboxylic acid groups (broad SMARTS) is 1. The molecule has 1 fully saturated rings. The van der Waals surface area contributed by atoms with Crippen LogP contribution in [0.2, 0.25) is 0 Å². The van der Waals surface area contributed by atoms with E-state index in [-0.39, 0.29) is 13.1 Å². The van der Waals surface area contributed by atoms with Crippen molar-refractivity contribution in [1.29, 1.82) is 0 Å². The van der Waals surface area contributed by atoms with E-state index in [1.54, 1.807) is 18.2 Å². The number of imide groups is 1. The van der Waals surface area contributed by atoms with Crippen LogP contribution in [0.15, 0.2) is 18.2 Å². The second kappa shape index (κ2) is 6.07. The molecule has 1 aromatic rings. The zero-order valence-corrected chi connectivity index (χ0v) is 13.3. The van der Waals surface area contributed by atoms with Crippen LogP contribution in [0.4, 0.5) is 0 Å². The number of amides is 3. The Balaban J connectivity index is 1.72. The molecule has 2 aliphatic rings. The lowest BCUT2D eigenvalue weighted by Crippen LogP contribution is -2.47. The van der Waals surface area contributed by atoms with Crippen molar-refractivity contribution in [3.05, 3.63) is 34.9 Å². The molecule has 0 bridgehead atoms. The molecule has 7 nitrogen and oxygen atoms in total. The highest BCUT2D eigenvalue weighted by atomic mass is 16.4. The van der Waals surface area contributed by atoms with Crippen molar-refractivity contribution in [3.63, 3.8) is 0 Å². The van der Waals surface area contributed by atoms with Gasteiger partial charge in [-0.2, -0.15) is 0 Å². The molecular formula is C17H18N2O5. The Morgan fingerprint density at radius 2 is 1.92 bits per heavy atom. The summed E-state index contributed by atoms with van der Waals surface area (Å²) in [5.74, 6) is -2.86. The number of carbonyl (C=O) groups is 4. The van der Waals surface area contributed by atoms with Gasteiger partial charge in [0, 0.05) is 13.1 Å². The zero-order valence-electron chi connectivity index (χ0n) is 13.3. The van der Waals surface area contributed by atoms with E-state index in [0.717, 1.165) is 10.5 Å². The monoisotopic (exact) mass is 330 g/mol. The number of aliphatic carboxylic acids is 1. The molecule has 126 valence electrons. The van der Waals surface area contributed by atoms with Gasteiger partial charge in [-0.05, 0) is 31.9 Å². The third-order valence-electron chi connectivity index (χ3n) is 4.54. The highest BCUT2D eigenvalue weighted by molar-refractivity contribution is 6.22. The number of hydrogen-bond acceptors (Lipinski definition) is 4. The summed E-state index contributed by atoms with van der Waals surface area (Å²) in [5, 5.41) is 9.09. The van der Waals surface area contributed by atoms with Crippen LogP contribution in [0.3, 0.4) is 0 Å². The highest BCUT2D eigenvalue weighted by Gasteiger charge is 2.38. The van der Waals surface area contributed by atoms with Crippen LogP contribution in [0, 0.1) is 12.8 Å². The first-order valence-corrected chi connectivity index (χ1v) is 7.86. The van der Waals surface area contributed by atoms with Gasteiger partial charge >= 0.3 is 5.97 Å². The predicted octanol–water partition coefficient (Wildman–Crippen LogP) is 0.914. The van der Waals surface area contributed by atoms with E-state index in [2.05, 4.69) is 0 Å². The van der Waals surface area contributed by atoms with E-state index in [1.165, 1.54) is 4.90 Å². The topological polar surface area (TPSA) is 95.0 Å². The number of piperidine rings is 1.